The number of carboxylic acids is 2. The molecule has 0 amide bonds. The number of aliphatic carboxylic acids is 2. The van der Waals surface area contributed by atoms with Crippen LogP contribution in [-0.4, -0.2) is 22.2 Å². The summed E-state index contributed by atoms with van der Waals surface area (Å²) >= 11 is 0. The lowest BCUT2D eigenvalue weighted by molar-refractivity contribution is -0.139. The molecule has 0 saturated carbocycles. The van der Waals surface area contributed by atoms with Crippen molar-refractivity contribution in [2.75, 3.05) is 0 Å². The second-order valence-corrected chi connectivity index (χ2v) is 8.27. The van der Waals surface area contributed by atoms with Crippen molar-refractivity contribution in [2.45, 2.75) is 73.1 Å². The van der Waals surface area contributed by atoms with Gasteiger partial charge in [-0.3, -0.25) is 9.59 Å². The standard InChI is InChI=1S/C20H34O4/c1-13(2)16-9-7-15(4)17(8-6-14(3)12-19(23)24)20(16,5)11-10-18(21)22/h7,13-14,16-17H,6,8-12H2,1-5H3,(H,21,22)(H,23,24)/t14?,16-,17-,20-/m1/s1. The van der Waals surface area contributed by atoms with Gasteiger partial charge in [-0.1, -0.05) is 39.3 Å². The van der Waals surface area contributed by atoms with Gasteiger partial charge in [0.25, 0.3) is 0 Å². The Kier molecular flexibility index (Phi) is 7.50. The Morgan fingerprint density at radius 3 is 2.38 bits per heavy atom. The van der Waals surface area contributed by atoms with Crippen molar-refractivity contribution in [3.63, 3.8) is 0 Å². The van der Waals surface area contributed by atoms with Crippen LogP contribution in [0.2, 0.25) is 0 Å². The lowest BCUT2D eigenvalue weighted by atomic mass is 9.55. The third-order valence-electron chi connectivity index (χ3n) is 6.04. The summed E-state index contributed by atoms with van der Waals surface area (Å²) in [7, 11) is 0. The zero-order chi connectivity index (χ0) is 18.5. The molecule has 0 aromatic carbocycles. The minimum absolute atomic E-state index is 0.0334. The van der Waals surface area contributed by atoms with E-state index in [1.807, 2.05) is 6.92 Å². The first-order valence-corrected chi connectivity index (χ1v) is 9.18. The molecule has 0 radical (unpaired) electrons. The Hall–Kier alpha value is -1.32. The van der Waals surface area contributed by atoms with E-state index < -0.39 is 11.9 Å². The molecule has 2 N–H and O–H groups in total. The molecule has 1 aliphatic carbocycles. The fourth-order valence-electron chi connectivity index (χ4n) is 4.68. The molecular formula is C20H34O4. The number of rotatable bonds is 9. The molecule has 0 saturated heterocycles. The number of hydrogen-bond donors (Lipinski definition) is 2. The summed E-state index contributed by atoms with van der Waals surface area (Å²) in [5.74, 6) is -0.00357. The van der Waals surface area contributed by atoms with E-state index in [1.165, 1.54) is 5.57 Å². The van der Waals surface area contributed by atoms with Crippen molar-refractivity contribution in [3.8, 4) is 0 Å². The Morgan fingerprint density at radius 2 is 1.88 bits per heavy atom. The lowest BCUT2D eigenvalue weighted by Gasteiger charge is -2.49. The van der Waals surface area contributed by atoms with E-state index in [2.05, 4.69) is 33.8 Å². The molecule has 1 rings (SSSR count). The fourth-order valence-corrected chi connectivity index (χ4v) is 4.68. The fraction of sp³-hybridized carbons (Fsp3) is 0.800. The van der Waals surface area contributed by atoms with Crippen molar-refractivity contribution >= 4 is 11.9 Å². The number of hydrogen-bond acceptors (Lipinski definition) is 2. The lowest BCUT2D eigenvalue weighted by Crippen LogP contribution is -2.41. The molecule has 0 aliphatic heterocycles. The van der Waals surface area contributed by atoms with Crippen molar-refractivity contribution in [2.24, 2.45) is 29.1 Å². The molecular weight excluding hydrogens is 304 g/mol. The van der Waals surface area contributed by atoms with Gasteiger partial charge in [-0.2, -0.15) is 0 Å². The van der Waals surface area contributed by atoms with Gasteiger partial charge >= 0.3 is 11.9 Å². The highest BCUT2D eigenvalue weighted by Gasteiger charge is 2.44. The van der Waals surface area contributed by atoms with Crippen LogP contribution in [0.15, 0.2) is 11.6 Å². The van der Waals surface area contributed by atoms with Crippen molar-refractivity contribution in [1.82, 2.24) is 0 Å². The maximum atomic E-state index is 11.2. The van der Waals surface area contributed by atoms with Crippen LogP contribution in [-0.2, 0) is 9.59 Å². The van der Waals surface area contributed by atoms with Crippen LogP contribution in [0, 0.1) is 29.1 Å². The molecule has 4 heteroatoms. The monoisotopic (exact) mass is 338 g/mol. The van der Waals surface area contributed by atoms with Crippen molar-refractivity contribution in [1.29, 1.82) is 0 Å². The average Bonchev–Trinajstić information content (AvgIpc) is 2.43. The maximum Gasteiger partial charge on any atom is 0.303 e. The van der Waals surface area contributed by atoms with Crippen molar-refractivity contribution in [3.05, 3.63) is 11.6 Å². The summed E-state index contributed by atoms with van der Waals surface area (Å²) in [5.41, 5.74) is 1.32. The normalized spacial score (nSPS) is 28.5. The molecule has 138 valence electrons. The first-order chi connectivity index (χ1) is 11.1. The number of allylic oxidation sites excluding steroid dienone is 2. The maximum absolute atomic E-state index is 11.2. The average molecular weight is 338 g/mol. The molecule has 0 bridgehead atoms. The summed E-state index contributed by atoms with van der Waals surface area (Å²) < 4.78 is 0. The predicted molar refractivity (Wildman–Crippen MR) is 95.8 cm³/mol. The second kappa shape index (κ2) is 8.68. The highest BCUT2D eigenvalue weighted by molar-refractivity contribution is 5.67. The molecule has 0 heterocycles. The summed E-state index contributed by atoms with van der Waals surface area (Å²) in [6.45, 7) is 10.8. The van der Waals surface area contributed by atoms with E-state index >= 15 is 0 Å². The van der Waals surface area contributed by atoms with E-state index in [-0.39, 0.29) is 24.2 Å². The van der Waals surface area contributed by atoms with E-state index in [1.54, 1.807) is 0 Å². The summed E-state index contributed by atoms with van der Waals surface area (Å²) in [6, 6.07) is 0. The highest BCUT2D eigenvalue weighted by Crippen LogP contribution is 2.53. The Morgan fingerprint density at radius 1 is 1.25 bits per heavy atom. The third kappa shape index (κ3) is 5.35. The van der Waals surface area contributed by atoms with Gasteiger partial charge in [-0.15, -0.1) is 0 Å². The van der Waals surface area contributed by atoms with Crippen LogP contribution in [0.25, 0.3) is 0 Å². The third-order valence-corrected chi connectivity index (χ3v) is 6.04. The van der Waals surface area contributed by atoms with Crippen molar-refractivity contribution < 1.29 is 19.8 Å². The predicted octanol–water partition coefficient (Wildman–Crippen LogP) is 4.99. The quantitative estimate of drug-likeness (QED) is 0.581. The zero-order valence-corrected chi connectivity index (χ0v) is 15.8. The molecule has 1 unspecified atom stereocenters. The molecule has 0 aromatic rings. The van der Waals surface area contributed by atoms with E-state index in [9.17, 15) is 14.7 Å². The van der Waals surface area contributed by atoms with Crippen LogP contribution in [0.1, 0.15) is 73.1 Å². The van der Waals surface area contributed by atoms with Gasteiger partial charge in [0.05, 0.1) is 0 Å². The topological polar surface area (TPSA) is 74.6 Å². The van der Waals surface area contributed by atoms with Gasteiger partial charge in [0.15, 0.2) is 0 Å². The molecule has 0 aromatic heterocycles. The smallest absolute Gasteiger partial charge is 0.303 e. The Labute approximate surface area is 146 Å². The van der Waals surface area contributed by atoms with Crippen LogP contribution in [0.5, 0.6) is 0 Å². The minimum Gasteiger partial charge on any atom is -0.481 e. The first-order valence-electron chi connectivity index (χ1n) is 9.18. The zero-order valence-electron chi connectivity index (χ0n) is 15.8. The minimum atomic E-state index is -0.743. The Bertz CT molecular complexity index is 480. The second-order valence-electron chi connectivity index (χ2n) is 8.27. The van der Waals surface area contributed by atoms with E-state index in [0.717, 1.165) is 19.3 Å². The molecule has 1 aliphatic rings. The van der Waals surface area contributed by atoms with Crippen LogP contribution >= 0.6 is 0 Å². The first kappa shape index (κ1) is 20.7. The molecule has 4 nitrogen and oxygen atoms in total. The van der Waals surface area contributed by atoms with Gasteiger partial charge < -0.3 is 10.2 Å². The highest BCUT2D eigenvalue weighted by atomic mass is 16.4. The Balaban J connectivity index is 2.96. The summed E-state index contributed by atoms with van der Waals surface area (Å²) in [5, 5.41) is 18.1. The number of carbonyl (C=O) groups is 2. The van der Waals surface area contributed by atoms with Gasteiger partial charge in [0.1, 0.15) is 0 Å². The van der Waals surface area contributed by atoms with Crippen LogP contribution in [0.3, 0.4) is 0 Å². The summed E-state index contributed by atoms with van der Waals surface area (Å²) in [6.07, 6.45) is 6.24. The van der Waals surface area contributed by atoms with Gasteiger partial charge in [-0.05, 0) is 61.7 Å². The van der Waals surface area contributed by atoms with Gasteiger partial charge in [0.2, 0.25) is 0 Å². The molecule has 0 spiro atoms. The van der Waals surface area contributed by atoms with E-state index in [0.29, 0.717) is 24.2 Å². The molecule has 4 atom stereocenters. The van der Waals surface area contributed by atoms with Gasteiger partial charge in [-0.25, -0.2) is 0 Å². The van der Waals surface area contributed by atoms with E-state index in [4.69, 9.17) is 5.11 Å². The summed E-state index contributed by atoms with van der Waals surface area (Å²) in [4.78, 5) is 22.1. The largest absolute Gasteiger partial charge is 0.481 e. The number of carboxylic acid groups (broad SMARTS) is 2. The SMILES string of the molecule is CC1=CC[C@H](C(C)C)[C@@](C)(CCC(=O)O)[C@@H]1CCC(C)CC(=O)O. The molecule has 0 fully saturated rings. The van der Waals surface area contributed by atoms with Crippen LogP contribution < -0.4 is 0 Å². The van der Waals surface area contributed by atoms with Crippen LogP contribution in [0.4, 0.5) is 0 Å². The van der Waals surface area contributed by atoms with Gasteiger partial charge in [0, 0.05) is 12.8 Å². The molecule has 24 heavy (non-hydrogen) atoms.